The molecule has 0 aromatic carbocycles. The van der Waals surface area contributed by atoms with Gasteiger partial charge in [-0.2, -0.15) is 0 Å². The van der Waals surface area contributed by atoms with Gasteiger partial charge in [-0.3, -0.25) is 4.79 Å². The van der Waals surface area contributed by atoms with Gasteiger partial charge < -0.3 is 9.84 Å². The zero-order valence-corrected chi connectivity index (χ0v) is 15.4. The van der Waals surface area contributed by atoms with Crippen LogP contribution in [0.4, 0.5) is 0 Å². The highest BCUT2D eigenvalue weighted by Crippen LogP contribution is 2.40. The van der Waals surface area contributed by atoms with Crippen LogP contribution < -0.4 is 0 Å². The first-order valence-corrected chi connectivity index (χ1v) is 10.5. The van der Waals surface area contributed by atoms with E-state index in [0.717, 1.165) is 56.3 Å². The fourth-order valence-electron chi connectivity index (χ4n) is 5.35. The summed E-state index contributed by atoms with van der Waals surface area (Å²) in [6.07, 6.45) is 14.8. The number of esters is 1. The Morgan fingerprint density at radius 1 is 0.833 bits per heavy atom. The van der Waals surface area contributed by atoms with E-state index in [2.05, 4.69) is 6.92 Å². The molecular weight excluding hydrogens is 300 g/mol. The van der Waals surface area contributed by atoms with Crippen LogP contribution in [0.3, 0.4) is 0 Å². The minimum absolute atomic E-state index is 0.00526. The maximum Gasteiger partial charge on any atom is 0.309 e. The first-order valence-electron chi connectivity index (χ1n) is 10.5. The molecule has 3 aliphatic rings. The molecule has 1 unspecified atom stereocenters. The van der Waals surface area contributed by atoms with Crippen molar-refractivity contribution >= 4 is 5.97 Å². The second-order valence-corrected chi connectivity index (χ2v) is 8.74. The number of ether oxygens (including phenoxy) is 1. The van der Waals surface area contributed by atoms with Crippen molar-refractivity contribution in [2.75, 3.05) is 0 Å². The van der Waals surface area contributed by atoms with Crippen LogP contribution in [0, 0.1) is 23.7 Å². The van der Waals surface area contributed by atoms with E-state index >= 15 is 0 Å². The van der Waals surface area contributed by atoms with Crippen molar-refractivity contribution < 1.29 is 14.6 Å². The molecule has 3 saturated carbocycles. The molecule has 0 radical (unpaired) electrons. The molecule has 0 bridgehead atoms. The zero-order valence-electron chi connectivity index (χ0n) is 15.4. The summed E-state index contributed by atoms with van der Waals surface area (Å²) in [5.41, 5.74) is 0. The van der Waals surface area contributed by atoms with Crippen molar-refractivity contribution in [2.24, 2.45) is 23.7 Å². The fraction of sp³-hybridized carbons (Fsp3) is 0.952. The first kappa shape index (κ1) is 18.2. The van der Waals surface area contributed by atoms with Gasteiger partial charge in [-0.05, 0) is 69.1 Å². The standard InChI is InChI=1S/C21H36O3/c1-15(16-5-3-2-4-6-16)17-9-13-20(14-10-17)24-21(23)18-7-11-19(22)12-8-18/h15-20,22H,2-14H2,1H3. The molecule has 3 rings (SSSR count). The summed E-state index contributed by atoms with van der Waals surface area (Å²) in [4.78, 5) is 12.3. The maximum atomic E-state index is 12.3. The number of aliphatic hydroxyl groups is 1. The van der Waals surface area contributed by atoms with Gasteiger partial charge in [0, 0.05) is 0 Å². The Bertz CT molecular complexity index is 386. The number of hydrogen-bond acceptors (Lipinski definition) is 3. The first-order chi connectivity index (χ1) is 11.6. The number of hydrogen-bond donors (Lipinski definition) is 1. The minimum Gasteiger partial charge on any atom is -0.462 e. The Morgan fingerprint density at radius 3 is 2.04 bits per heavy atom. The molecule has 138 valence electrons. The van der Waals surface area contributed by atoms with Crippen molar-refractivity contribution in [2.45, 2.75) is 103 Å². The van der Waals surface area contributed by atoms with Gasteiger partial charge in [-0.15, -0.1) is 0 Å². The van der Waals surface area contributed by atoms with E-state index in [1.807, 2.05) is 0 Å². The molecule has 3 aliphatic carbocycles. The summed E-state index contributed by atoms with van der Waals surface area (Å²) in [5, 5.41) is 9.57. The van der Waals surface area contributed by atoms with Gasteiger partial charge in [0.1, 0.15) is 6.10 Å². The van der Waals surface area contributed by atoms with Gasteiger partial charge in [-0.1, -0.05) is 39.0 Å². The molecule has 0 heterocycles. The zero-order chi connectivity index (χ0) is 16.9. The summed E-state index contributed by atoms with van der Waals surface area (Å²) in [6, 6.07) is 0. The molecule has 0 spiro atoms. The SMILES string of the molecule is CC(C1CCCCC1)C1CCC(OC(=O)C2CCC(O)CC2)CC1. The van der Waals surface area contributed by atoms with Crippen molar-refractivity contribution in [1.82, 2.24) is 0 Å². The molecular formula is C21H36O3. The average Bonchev–Trinajstić information content (AvgIpc) is 2.63. The molecule has 0 amide bonds. The predicted molar refractivity (Wildman–Crippen MR) is 95.5 cm³/mol. The summed E-state index contributed by atoms with van der Waals surface area (Å²) < 4.78 is 5.82. The van der Waals surface area contributed by atoms with Crippen molar-refractivity contribution in [3.8, 4) is 0 Å². The monoisotopic (exact) mass is 336 g/mol. The third kappa shape index (κ3) is 4.74. The topological polar surface area (TPSA) is 46.5 Å². The molecule has 0 aromatic heterocycles. The van der Waals surface area contributed by atoms with Gasteiger partial charge in [0.15, 0.2) is 0 Å². The Balaban J connectivity index is 1.39. The van der Waals surface area contributed by atoms with Crippen LogP contribution in [-0.2, 0) is 9.53 Å². The van der Waals surface area contributed by atoms with Crippen LogP contribution in [0.1, 0.15) is 90.4 Å². The molecule has 0 saturated heterocycles. The molecule has 1 N–H and O–H groups in total. The van der Waals surface area contributed by atoms with Gasteiger partial charge in [0.2, 0.25) is 0 Å². The summed E-state index contributed by atoms with van der Waals surface area (Å²) in [5.74, 6) is 2.67. The highest BCUT2D eigenvalue weighted by atomic mass is 16.5. The van der Waals surface area contributed by atoms with Crippen LogP contribution in [-0.4, -0.2) is 23.3 Å². The van der Waals surface area contributed by atoms with E-state index in [1.165, 1.54) is 44.9 Å². The fourth-order valence-corrected chi connectivity index (χ4v) is 5.35. The molecule has 3 heteroatoms. The normalized spacial score (nSPS) is 36.9. The van der Waals surface area contributed by atoms with Gasteiger partial charge >= 0.3 is 5.97 Å². The largest absolute Gasteiger partial charge is 0.462 e. The predicted octanol–water partition coefficient (Wildman–Crippen LogP) is 4.86. The summed E-state index contributed by atoms with van der Waals surface area (Å²) in [6.45, 7) is 2.47. The quantitative estimate of drug-likeness (QED) is 0.746. The van der Waals surface area contributed by atoms with Crippen LogP contribution in [0.15, 0.2) is 0 Å². The van der Waals surface area contributed by atoms with E-state index in [0.29, 0.717) is 0 Å². The minimum atomic E-state index is -0.203. The number of carbonyl (C=O) groups is 1. The number of aliphatic hydroxyl groups excluding tert-OH is 1. The van der Waals surface area contributed by atoms with Crippen LogP contribution >= 0.6 is 0 Å². The molecule has 3 nitrogen and oxygen atoms in total. The number of carbonyl (C=O) groups excluding carboxylic acids is 1. The summed E-state index contributed by atoms with van der Waals surface area (Å²) >= 11 is 0. The number of rotatable bonds is 4. The van der Waals surface area contributed by atoms with E-state index in [-0.39, 0.29) is 24.1 Å². The Hall–Kier alpha value is -0.570. The molecule has 24 heavy (non-hydrogen) atoms. The molecule has 3 fully saturated rings. The molecule has 0 aliphatic heterocycles. The smallest absolute Gasteiger partial charge is 0.309 e. The highest BCUT2D eigenvalue weighted by molar-refractivity contribution is 5.72. The lowest BCUT2D eigenvalue weighted by Gasteiger charge is -2.37. The highest BCUT2D eigenvalue weighted by Gasteiger charge is 2.33. The second kappa shape index (κ2) is 8.69. The molecule has 1 atom stereocenters. The van der Waals surface area contributed by atoms with Gasteiger partial charge in [0.05, 0.1) is 12.0 Å². The van der Waals surface area contributed by atoms with E-state index in [4.69, 9.17) is 4.74 Å². The lowest BCUT2D eigenvalue weighted by Crippen LogP contribution is -2.33. The third-order valence-corrected chi connectivity index (χ3v) is 7.17. The van der Waals surface area contributed by atoms with E-state index in [1.54, 1.807) is 0 Å². The van der Waals surface area contributed by atoms with Crippen molar-refractivity contribution in [3.63, 3.8) is 0 Å². The van der Waals surface area contributed by atoms with Gasteiger partial charge in [-0.25, -0.2) is 0 Å². The van der Waals surface area contributed by atoms with Crippen LogP contribution in [0.5, 0.6) is 0 Å². The van der Waals surface area contributed by atoms with E-state index < -0.39 is 0 Å². The van der Waals surface area contributed by atoms with Crippen LogP contribution in [0.25, 0.3) is 0 Å². The van der Waals surface area contributed by atoms with Crippen molar-refractivity contribution in [1.29, 1.82) is 0 Å². The lowest BCUT2D eigenvalue weighted by molar-refractivity contribution is -0.158. The van der Waals surface area contributed by atoms with Crippen molar-refractivity contribution in [3.05, 3.63) is 0 Å². The van der Waals surface area contributed by atoms with Crippen LogP contribution in [0.2, 0.25) is 0 Å². The Morgan fingerprint density at radius 2 is 1.42 bits per heavy atom. The maximum absolute atomic E-state index is 12.3. The van der Waals surface area contributed by atoms with Gasteiger partial charge in [0.25, 0.3) is 0 Å². The Labute approximate surface area is 147 Å². The summed E-state index contributed by atoms with van der Waals surface area (Å²) in [7, 11) is 0. The lowest BCUT2D eigenvalue weighted by atomic mass is 9.70. The Kier molecular flexibility index (Phi) is 6.60. The molecule has 0 aromatic rings. The van der Waals surface area contributed by atoms with E-state index in [9.17, 15) is 9.90 Å². The second-order valence-electron chi connectivity index (χ2n) is 8.74. The third-order valence-electron chi connectivity index (χ3n) is 7.17. The average molecular weight is 337 g/mol.